The van der Waals surface area contributed by atoms with Gasteiger partial charge in [-0.2, -0.15) is 5.26 Å². The van der Waals surface area contributed by atoms with E-state index in [1.807, 2.05) is 16.7 Å². The quantitative estimate of drug-likeness (QED) is 0.816. The molecule has 21 heavy (non-hydrogen) atoms. The van der Waals surface area contributed by atoms with Crippen LogP contribution in [0.4, 0.5) is 0 Å². The molecular weight excluding hydrogens is 266 g/mol. The zero-order valence-corrected chi connectivity index (χ0v) is 13.0. The number of imidazole rings is 1. The summed E-state index contributed by atoms with van der Waals surface area (Å²) >= 11 is 0. The molecule has 1 aromatic heterocycles. The number of nitrogens with zero attached hydrogens (tertiary/aromatic N) is 3. The van der Waals surface area contributed by atoms with Crippen LogP contribution in [0, 0.1) is 11.3 Å². The van der Waals surface area contributed by atoms with Crippen molar-refractivity contribution in [3.8, 4) is 17.6 Å². The van der Waals surface area contributed by atoms with Crippen molar-refractivity contribution in [3.63, 3.8) is 0 Å². The van der Waals surface area contributed by atoms with E-state index in [2.05, 4.69) is 19.9 Å². The standard InChI is InChI=1S/C16H21N3O2/c1-5-11(6-2)16-18-12-9-14(20-3)15(21-4)10-13(12)19(16)8-7-17/h9-11H,5-6,8H2,1-4H3. The summed E-state index contributed by atoms with van der Waals surface area (Å²) < 4.78 is 12.7. The van der Waals surface area contributed by atoms with Crippen molar-refractivity contribution in [1.29, 1.82) is 5.26 Å². The maximum absolute atomic E-state index is 9.12. The number of rotatable bonds is 6. The second-order valence-corrected chi connectivity index (χ2v) is 4.92. The molecule has 1 heterocycles. The molecule has 5 heteroatoms. The molecule has 0 aliphatic rings. The second-order valence-electron chi connectivity index (χ2n) is 4.92. The minimum Gasteiger partial charge on any atom is -0.493 e. The van der Waals surface area contributed by atoms with Gasteiger partial charge in [-0.1, -0.05) is 13.8 Å². The number of hydrogen-bond donors (Lipinski definition) is 0. The van der Waals surface area contributed by atoms with E-state index in [1.165, 1.54) is 0 Å². The van der Waals surface area contributed by atoms with Gasteiger partial charge in [0.15, 0.2) is 11.5 Å². The Morgan fingerprint density at radius 3 is 2.33 bits per heavy atom. The molecule has 2 rings (SSSR count). The zero-order chi connectivity index (χ0) is 15.4. The molecule has 0 N–H and O–H groups in total. The molecule has 5 nitrogen and oxygen atoms in total. The van der Waals surface area contributed by atoms with Crippen LogP contribution in [0.5, 0.6) is 11.5 Å². The number of methoxy groups -OCH3 is 2. The summed E-state index contributed by atoms with van der Waals surface area (Å²) in [6, 6.07) is 5.98. The van der Waals surface area contributed by atoms with Crippen LogP contribution in [0.15, 0.2) is 12.1 Å². The van der Waals surface area contributed by atoms with Crippen LogP contribution in [0.2, 0.25) is 0 Å². The van der Waals surface area contributed by atoms with Gasteiger partial charge in [-0.05, 0) is 12.8 Å². The number of nitriles is 1. The van der Waals surface area contributed by atoms with Gasteiger partial charge in [0.1, 0.15) is 12.4 Å². The van der Waals surface area contributed by atoms with Crippen LogP contribution < -0.4 is 9.47 Å². The summed E-state index contributed by atoms with van der Waals surface area (Å²) in [5.41, 5.74) is 1.75. The van der Waals surface area contributed by atoms with Gasteiger partial charge in [0.2, 0.25) is 0 Å². The van der Waals surface area contributed by atoms with Crippen LogP contribution in [0.1, 0.15) is 38.4 Å². The highest BCUT2D eigenvalue weighted by molar-refractivity contribution is 5.81. The third-order valence-electron chi connectivity index (χ3n) is 3.86. The Morgan fingerprint density at radius 2 is 1.81 bits per heavy atom. The average molecular weight is 287 g/mol. The maximum Gasteiger partial charge on any atom is 0.163 e. The van der Waals surface area contributed by atoms with E-state index < -0.39 is 0 Å². The first-order chi connectivity index (χ1) is 10.2. The van der Waals surface area contributed by atoms with Crippen LogP contribution >= 0.6 is 0 Å². The number of fused-ring (bicyclic) bond motifs is 1. The lowest BCUT2D eigenvalue weighted by atomic mass is 10.0. The molecular formula is C16H21N3O2. The summed E-state index contributed by atoms with van der Waals surface area (Å²) in [5, 5.41) is 9.12. The Morgan fingerprint density at radius 1 is 1.19 bits per heavy atom. The Hall–Kier alpha value is -2.22. The van der Waals surface area contributed by atoms with Gasteiger partial charge in [-0.3, -0.25) is 0 Å². The summed E-state index contributed by atoms with van der Waals surface area (Å²) in [7, 11) is 3.22. The molecule has 0 aliphatic carbocycles. The van der Waals surface area contributed by atoms with Crippen molar-refractivity contribution in [1.82, 2.24) is 9.55 Å². The molecule has 0 atom stereocenters. The van der Waals surface area contributed by atoms with E-state index in [-0.39, 0.29) is 6.54 Å². The Balaban J connectivity index is 2.70. The summed E-state index contributed by atoms with van der Waals surface area (Å²) in [5.74, 6) is 2.62. The molecule has 112 valence electrons. The van der Waals surface area contributed by atoms with Crippen molar-refractivity contribution in [2.45, 2.75) is 39.2 Å². The van der Waals surface area contributed by atoms with E-state index in [0.717, 1.165) is 29.7 Å². The molecule has 0 saturated carbocycles. The molecule has 0 spiro atoms. The van der Waals surface area contributed by atoms with Gasteiger partial charge in [0, 0.05) is 18.1 Å². The van der Waals surface area contributed by atoms with Crippen molar-refractivity contribution >= 4 is 11.0 Å². The van der Waals surface area contributed by atoms with E-state index >= 15 is 0 Å². The Kier molecular flexibility index (Phi) is 4.69. The fraction of sp³-hybridized carbons (Fsp3) is 0.500. The SMILES string of the molecule is CCC(CC)c1nc2cc(OC)c(OC)cc2n1CC#N. The van der Waals surface area contributed by atoms with Crippen LogP contribution in [0.3, 0.4) is 0 Å². The van der Waals surface area contributed by atoms with Crippen molar-refractivity contribution in [2.75, 3.05) is 14.2 Å². The summed E-state index contributed by atoms with van der Waals surface area (Å²) in [6.07, 6.45) is 2.00. The molecule has 0 unspecified atom stereocenters. The predicted octanol–water partition coefficient (Wildman–Crippen LogP) is 3.48. The second kappa shape index (κ2) is 6.49. The van der Waals surface area contributed by atoms with Crippen LogP contribution in [-0.2, 0) is 6.54 Å². The minimum atomic E-state index is 0.290. The Labute approximate surface area is 125 Å². The maximum atomic E-state index is 9.12. The van der Waals surface area contributed by atoms with Crippen LogP contribution in [-0.4, -0.2) is 23.8 Å². The van der Waals surface area contributed by atoms with Gasteiger partial charge >= 0.3 is 0 Å². The number of aromatic nitrogens is 2. The number of ether oxygens (including phenoxy) is 2. The average Bonchev–Trinajstić information content (AvgIpc) is 2.85. The molecule has 0 saturated heterocycles. The lowest BCUT2D eigenvalue weighted by Gasteiger charge is -2.13. The lowest BCUT2D eigenvalue weighted by Crippen LogP contribution is -2.07. The third-order valence-corrected chi connectivity index (χ3v) is 3.86. The molecule has 0 amide bonds. The van der Waals surface area contributed by atoms with Gasteiger partial charge in [0.25, 0.3) is 0 Å². The normalized spacial score (nSPS) is 10.9. The first-order valence-electron chi connectivity index (χ1n) is 7.19. The number of benzene rings is 1. The fourth-order valence-electron chi connectivity index (χ4n) is 2.67. The zero-order valence-electron chi connectivity index (χ0n) is 13.0. The first-order valence-corrected chi connectivity index (χ1v) is 7.19. The molecule has 0 fully saturated rings. The molecule has 0 bridgehead atoms. The highest BCUT2D eigenvalue weighted by Crippen LogP contribution is 2.34. The highest BCUT2D eigenvalue weighted by atomic mass is 16.5. The van der Waals surface area contributed by atoms with E-state index in [4.69, 9.17) is 19.7 Å². The van der Waals surface area contributed by atoms with Gasteiger partial charge in [-0.15, -0.1) is 0 Å². The van der Waals surface area contributed by atoms with Crippen LogP contribution in [0.25, 0.3) is 11.0 Å². The molecule has 1 aromatic carbocycles. The first kappa shape index (κ1) is 15.2. The fourth-order valence-corrected chi connectivity index (χ4v) is 2.67. The van der Waals surface area contributed by atoms with Crippen molar-refractivity contribution in [2.24, 2.45) is 0 Å². The summed E-state index contributed by atoms with van der Waals surface area (Å²) in [6.45, 7) is 4.58. The van der Waals surface area contributed by atoms with Gasteiger partial charge in [0.05, 0.1) is 31.3 Å². The summed E-state index contributed by atoms with van der Waals surface area (Å²) in [4.78, 5) is 4.73. The molecule has 0 radical (unpaired) electrons. The topological polar surface area (TPSA) is 60.1 Å². The predicted molar refractivity (Wildman–Crippen MR) is 81.8 cm³/mol. The Bertz CT molecular complexity index is 666. The molecule has 0 aliphatic heterocycles. The molecule has 2 aromatic rings. The largest absolute Gasteiger partial charge is 0.493 e. The lowest BCUT2D eigenvalue weighted by molar-refractivity contribution is 0.355. The third kappa shape index (κ3) is 2.66. The van der Waals surface area contributed by atoms with Gasteiger partial charge < -0.3 is 14.0 Å². The smallest absolute Gasteiger partial charge is 0.163 e. The minimum absolute atomic E-state index is 0.290. The van der Waals surface area contributed by atoms with E-state index in [1.54, 1.807) is 14.2 Å². The number of hydrogen-bond acceptors (Lipinski definition) is 4. The van der Waals surface area contributed by atoms with E-state index in [9.17, 15) is 0 Å². The van der Waals surface area contributed by atoms with Gasteiger partial charge in [-0.25, -0.2) is 4.98 Å². The highest BCUT2D eigenvalue weighted by Gasteiger charge is 2.19. The van der Waals surface area contributed by atoms with Crippen molar-refractivity contribution < 1.29 is 9.47 Å². The van der Waals surface area contributed by atoms with E-state index in [0.29, 0.717) is 17.4 Å². The van der Waals surface area contributed by atoms with Crippen molar-refractivity contribution in [3.05, 3.63) is 18.0 Å². The monoisotopic (exact) mass is 287 g/mol.